The molecule has 0 bridgehead atoms. The molecule has 1 rings (SSSR count). The van der Waals surface area contributed by atoms with Crippen LogP contribution in [-0.4, -0.2) is 41.4 Å². The van der Waals surface area contributed by atoms with Crippen molar-refractivity contribution in [1.82, 2.24) is 10.6 Å². The predicted octanol–water partition coefficient (Wildman–Crippen LogP) is 2.67. The van der Waals surface area contributed by atoms with Crippen molar-refractivity contribution in [2.45, 2.75) is 51.9 Å². The molecule has 1 atom stereocenters. The summed E-state index contributed by atoms with van der Waals surface area (Å²) < 4.78 is 10.1. The molecule has 144 valence electrons. The highest BCUT2D eigenvalue weighted by atomic mass is 16.6. The fourth-order valence-corrected chi connectivity index (χ4v) is 1.98. The summed E-state index contributed by atoms with van der Waals surface area (Å²) in [7, 11) is 0. The zero-order valence-corrected chi connectivity index (χ0v) is 15.3. The van der Waals surface area contributed by atoms with Gasteiger partial charge in [0.1, 0.15) is 18.2 Å². The Kier molecular flexibility index (Phi) is 8.41. The normalized spacial score (nSPS) is 12.0. The van der Waals surface area contributed by atoms with Crippen LogP contribution in [0.5, 0.6) is 0 Å². The zero-order valence-electron chi connectivity index (χ0n) is 15.3. The van der Waals surface area contributed by atoms with Crippen molar-refractivity contribution in [1.29, 1.82) is 0 Å². The maximum Gasteiger partial charge on any atom is 0.408 e. The molecule has 26 heavy (non-hydrogen) atoms. The third kappa shape index (κ3) is 9.51. The summed E-state index contributed by atoms with van der Waals surface area (Å²) in [6.07, 6.45) is -0.873. The first-order valence-electron chi connectivity index (χ1n) is 8.34. The van der Waals surface area contributed by atoms with Crippen LogP contribution in [0.15, 0.2) is 30.3 Å². The molecule has 0 saturated carbocycles. The van der Waals surface area contributed by atoms with E-state index >= 15 is 0 Å². The van der Waals surface area contributed by atoms with E-state index in [1.54, 1.807) is 20.8 Å². The van der Waals surface area contributed by atoms with Gasteiger partial charge in [0.25, 0.3) is 0 Å². The minimum atomic E-state index is -1.16. The molecule has 3 N–H and O–H groups in total. The Bertz CT molecular complexity index is 597. The van der Waals surface area contributed by atoms with Crippen LogP contribution in [-0.2, 0) is 20.9 Å². The van der Waals surface area contributed by atoms with Crippen molar-refractivity contribution in [3.8, 4) is 0 Å². The first kappa shape index (κ1) is 21.3. The van der Waals surface area contributed by atoms with Gasteiger partial charge in [0, 0.05) is 6.54 Å². The molecule has 0 fully saturated rings. The Morgan fingerprint density at radius 1 is 1.12 bits per heavy atom. The number of alkyl carbamates (subject to hydrolysis) is 2. The molecule has 0 heterocycles. The van der Waals surface area contributed by atoms with Gasteiger partial charge in [-0.15, -0.1) is 0 Å². The standard InChI is InChI=1S/C18H26N2O6/c1-18(2,3)26-17(24)20-14(15(21)22)10-7-11-19-16(23)25-12-13-8-5-4-6-9-13/h4-6,8-9,14H,7,10-12H2,1-3H3,(H,19,23)(H,20,24)(H,21,22)/t14-/m1/s1. The topological polar surface area (TPSA) is 114 Å². The van der Waals surface area contributed by atoms with E-state index in [2.05, 4.69) is 10.6 Å². The number of carboxylic acid groups (broad SMARTS) is 1. The van der Waals surface area contributed by atoms with Crippen molar-refractivity contribution in [2.75, 3.05) is 6.54 Å². The number of carbonyl (C=O) groups is 3. The molecule has 1 aromatic carbocycles. The molecular weight excluding hydrogens is 340 g/mol. The maximum atomic E-state index is 11.6. The van der Waals surface area contributed by atoms with Gasteiger partial charge in [0.2, 0.25) is 0 Å². The quantitative estimate of drug-likeness (QED) is 0.610. The maximum absolute atomic E-state index is 11.6. The Labute approximate surface area is 152 Å². The molecular formula is C18H26N2O6. The number of ether oxygens (including phenoxy) is 2. The molecule has 0 saturated heterocycles. The molecule has 8 heteroatoms. The molecule has 0 aliphatic carbocycles. The van der Waals surface area contributed by atoms with Gasteiger partial charge < -0.3 is 25.2 Å². The lowest BCUT2D eigenvalue weighted by molar-refractivity contribution is -0.139. The molecule has 1 aromatic rings. The van der Waals surface area contributed by atoms with Crippen molar-refractivity contribution < 1.29 is 29.0 Å². The fraction of sp³-hybridized carbons (Fsp3) is 0.500. The van der Waals surface area contributed by atoms with Gasteiger partial charge in [0.05, 0.1) is 0 Å². The average molecular weight is 366 g/mol. The van der Waals surface area contributed by atoms with Crippen molar-refractivity contribution in [3.05, 3.63) is 35.9 Å². The van der Waals surface area contributed by atoms with E-state index in [9.17, 15) is 14.4 Å². The number of nitrogens with one attached hydrogen (secondary N) is 2. The van der Waals surface area contributed by atoms with Crippen LogP contribution < -0.4 is 10.6 Å². The van der Waals surface area contributed by atoms with Gasteiger partial charge in [-0.1, -0.05) is 30.3 Å². The van der Waals surface area contributed by atoms with Crippen LogP contribution in [0.3, 0.4) is 0 Å². The summed E-state index contributed by atoms with van der Waals surface area (Å²) >= 11 is 0. The highest BCUT2D eigenvalue weighted by Gasteiger charge is 2.23. The molecule has 0 aliphatic heterocycles. The summed E-state index contributed by atoms with van der Waals surface area (Å²) in [5, 5.41) is 14.0. The Hall–Kier alpha value is -2.77. The van der Waals surface area contributed by atoms with E-state index in [-0.39, 0.29) is 19.6 Å². The molecule has 2 amide bonds. The lowest BCUT2D eigenvalue weighted by Gasteiger charge is -2.22. The van der Waals surface area contributed by atoms with Crippen LogP contribution >= 0.6 is 0 Å². The van der Waals surface area contributed by atoms with Gasteiger partial charge in [-0.3, -0.25) is 0 Å². The minimum absolute atomic E-state index is 0.146. The van der Waals surface area contributed by atoms with Gasteiger partial charge in [-0.05, 0) is 39.2 Å². The van der Waals surface area contributed by atoms with Crippen molar-refractivity contribution >= 4 is 18.2 Å². The number of hydrogen-bond donors (Lipinski definition) is 3. The van der Waals surface area contributed by atoms with E-state index in [0.717, 1.165) is 5.56 Å². The van der Waals surface area contributed by atoms with E-state index < -0.39 is 29.8 Å². The number of carbonyl (C=O) groups excluding carboxylic acids is 2. The number of aliphatic carboxylic acids is 1. The van der Waals surface area contributed by atoms with E-state index in [1.165, 1.54) is 0 Å². The number of rotatable bonds is 8. The van der Waals surface area contributed by atoms with Crippen LogP contribution in [0.2, 0.25) is 0 Å². The number of carboxylic acids is 1. The summed E-state index contributed by atoms with van der Waals surface area (Å²) in [6.45, 7) is 5.45. The van der Waals surface area contributed by atoms with E-state index in [1.807, 2.05) is 30.3 Å². The third-order valence-corrected chi connectivity index (χ3v) is 3.14. The second kappa shape index (κ2) is 10.3. The molecule has 0 aromatic heterocycles. The third-order valence-electron chi connectivity index (χ3n) is 3.14. The van der Waals surface area contributed by atoms with Crippen LogP contribution in [0.1, 0.15) is 39.2 Å². The van der Waals surface area contributed by atoms with Gasteiger partial charge in [0.15, 0.2) is 0 Å². The Balaban J connectivity index is 2.26. The van der Waals surface area contributed by atoms with Crippen molar-refractivity contribution in [2.24, 2.45) is 0 Å². The molecule has 0 unspecified atom stereocenters. The summed E-state index contributed by atoms with van der Waals surface area (Å²) in [6, 6.07) is 8.15. The largest absolute Gasteiger partial charge is 0.480 e. The van der Waals surface area contributed by atoms with Gasteiger partial charge in [-0.2, -0.15) is 0 Å². The molecule has 0 radical (unpaired) electrons. The first-order valence-corrected chi connectivity index (χ1v) is 8.34. The second-order valence-corrected chi connectivity index (χ2v) is 6.67. The first-order chi connectivity index (χ1) is 12.2. The van der Waals surface area contributed by atoms with Crippen molar-refractivity contribution in [3.63, 3.8) is 0 Å². The lowest BCUT2D eigenvalue weighted by atomic mass is 10.1. The number of hydrogen-bond acceptors (Lipinski definition) is 5. The van der Waals surface area contributed by atoms with Gasteiger partial charge in [-0.25, -0.2) is 14.4 Å². The smallest absolute Gasteiger partial charge is 0.408 e. The van der Waals surface area contributed by atoms with Crippen LogP contribution in [0.25, 0.3) is 0 Å². The summed E-state index contributed by atoms with van der Waals surface area (Å²) in [5.74, 6) is -1.16. The predicted molar refractivity (Wildman–Crippen MR) is 94.7 cm³/mol. The summed E-state index contributed by atoms with van der Waals surface area (Å²) in [4.78, 5) is 34.4. The highest BCUT2D eigenvalue weighted by molar-refractivity contribution is 5.80. The monoisotopic (exact) mass is 366 g/mol. The Morgan fingerprint density at radius 2 is 1.77 bits per heavy atom. The van der Waals surface area contributed by atoms with E-state index in [0.29, 0.717) is 6.42 Å². The number of amides is 2. The fourth-order valence-electron chi connectivity index (χ4n) is 1.98. The van der Waals surface area contributed by atoms with Gasteiger partial charge >= 0.3 is 18.2 Å². The second-order valence-electron chi connectivity index (χ2n) is 6.67. The molecule has 0 spiro atoms. The highest BCUT2D eigenvalue weighted by Crippen LogP contribution is 2.08. The molecule has 0 aliphatic rings. The number of benzene rings is 1. The lowest BCUT2D eigenvalue weighted by Crippen LogP contribution is -2.43. The molecule has 8 nitrogen and oxygen atoms in total. The minimum Gasteiger partial charge on any atom is -0.480 e. The SMILES string of the molecule is CC(C)(C)OC(=O)N[C@H](CCCNC(=O)OCc1ccccc1)C(=O)O. The average Bonchev–Trinajstić information content (AvgIpc) is 2.54. The van der Waals surface area contributed by atoms with E-state index in [4.69, 9.17) is 14.6 Å². The zero-order chi connectivity index (χ0) is 19.6. The Morgan fingerprint density at radius 3 is 2.35 bits per heavy atom. The van der Waals surface area contributed by atoms with Crippen LogP contribution in [0, 0.1) is 0 Å². The van der Waals surface area contributed by atoms with Crippen LogP contribution in [0.4, 0.5) is 9.59 Å². The summed E-state index contributed by atoms with van der Waals surface area (Å²) in [5.41, 5.74) is 0.159.